The van der Waals surface area contributed by atoms with Crippen LogP contribution in [-0.2, 0) is 16.2 Å². The van der Waals surface area contributed by atoms with Crippen molar-refractivity contribution < 1.29 is 18.3 Å². The highest BCUT2D eigenvalue weighted by molar-refractivity contribution is 5.76. The monoisotopic (exact) mass is 410 g/mol. The standard InChI is InChI=1S/C22H20F2N4O2/c1-21(23,24)18-9-17(6-7-19(18)29-2)22(12-30-20(25)28-22)16-5-3-4-14(8-16)15-10-26-13-27-11-15/h3-11,13H,12H2,1-2H3,(H2,25,28). The molecule has 0 radical (unpaired) electrons. The van der Waals surface area contributed by atoms with Crippen LogP contribution < -0.4 is 10.5 Å². The number of nitrogens with zero attached hydrogens (tertiary/aromatic N) is 3. The summed E-state index contributed by atoms with van der Waals surface area (Å²) in [7, 11) is 1.36. The molecule has 0 amide bonds. The first kappa shape index (κ1) is 19.8. The highest BCUT2D eigenvalue weighted by atomic mass is 19.3. The van der Waals surface area contributed by atoms with Crippen molar-refractivity contribution >= 4 is 6.02 Å². The van der Waals surface area contributed by atoms with Gasteiger partial charge in [-0.15, -0.1) is 0 Å². The van der Waals surface area contributed by atoms with Gasteiger partial charge in [0.2, 0.25) is 0 Å². The molecule has 0 fully saturated rings. The van der Waals surface area contributed by atoms with E-state index in [9.17, 15) is 8.78 Å². The maximum atomic E-state index is 14.3. The number of ether oxygens (including phenoxy) is 2. The van der Waals surface area contributed by atoms with Gasteiger partial charge in [0.15, 0.2) is 5.54 Å². The lowest BCUT2D eigenvalue weighted by atomic mass is 9.82. The lowest BCUT2D eigenvalue weighted by molar-refractivity contribution is 0.0149. The topological polar surface area (TPSA) is 82.6 Å². The van der Waals surface area contributed by atoms with E-state index in [1.165, 1.54) is 25.6 Å². The molecule has 0 spiro atoms. The molecule has 30 heavy (non-hydrogen) atoms. The van der Waals surface area contributed by atoms with Crippen LogP contribution in [0.3, 0.4) is 0 Å². The summed E-state index contributed by atoms with van der Waals surface area (Å²) in [6.07, 6.45) is 4.85. The minimum Gasteiger partial charge on any atom is -0.496 e. The molecule has 4 rings (SSSR count). The Morgan fingerprint density at radius 1 is 1.07 bits per heavy atom. The smallest absolute Gasteiger partial charge is 0.283 e. The van der Waals surface area contributed by atoms with E-state index in [4.69, 9.17) is 15.2 Å². The normalized spacial score (nSPS) is 18.6. The second-order valence-electron chi connectivity index (χ2n) is 7.11. The van der Waals surface area contributed by atoms with Crippen molar-refractivity contribution in [1.82, 2.24) is 9.97 Å². The number of halogens is 2. The molecule has 0 saturated carbocycles. The molecular formula is C22H20F2N4O2. The zero-order valence-corrected chi connectivity index (χ0v) is 16.5. The quantitative estimate of drug-likeness (QED) is 0.691. The van der Waals surface area contributed by atoms with Gasteiger partial charge in [-0.3, -0.25) is 0 Å². The Morgan fingerprint density at radius 3 is 2.43 bits per heavy atom. The number of hydrogen-bond acceptors (Lipinski definition) is 6. The van der Waals surface area contributed by atoms with Crippen molar-refractivity contribution in [2.45, 2.75) is 18.4 Å². The number of aromatic nitrogens is 2. The molecule has 1 unspecified atom stereocenters. The van der Waals surface area contributed by atoms with Crippen LogP contribution in [0.4, 0.5) is 8.78 Å². The van der Waals surface area contributed by atoms with Crippen molar-refractivity contribution in [3.8, 4) is 16.9 Å². The molecule has 2 N–H and O–H groups in total. The lowest BCUT2D eigenvalue weighted by Crippen LogP contribution is -2.28. The fraction of sp³-hybridized carbons (Fsp3) is 0.227. The SMILES string of the molecule is COc1ccc(C2(c3cccc(-c4cncnc4)c3)COC(N)=N2)cc1C(C)(F)F. The highest BCUT2D eigenvalue weighted by Gasteiger charge is 2.42. The van der Waals surface area contributed by atoms with Crippen molar-refractivity contribution in [2.75, 3.05) is 13.7 Å². The van der Waals surface area contributed by atoms with Gasteiger partial charge < -0.3 is 15.2 Å². The van der Waals surface area contributed by atoms with Crippen LogP contribution in [-0.4, -0.2) is 29.7 Å². The Bertz CT molecular complexity index is 1100. The van der Waals surface area contributed by atoms with Gasteiger partial charge in [0.25, 0.3) is 11.9 Å². The summed E-state index contributed by atoms with van der Waals surface area (Å²) in [5.41, 5.74) is 7.52. The van der Waals surface area contributed by atoms with Gasteiger partial charge in [-0.25, -0.2) is 23.7 Å². The zero-order valence-electron chi connectivity index (χ0n) is 16.5. The van der Waals surface area contributed by atoms with Crippen LogP contribution in [0, 0.1) is 0 Å². The van der Waals surface area contributed by atoms with Gasteiger partial charge in [-0.1, -0.05) is 24.3 Å². The molecule has 0 aliphatic carbocycles. The van der Waals surface area contributed by atoms with Gasteiger partial charge in [-0.2, -0.15) is 0 Å². The van der Waals surface area contributed by atoms with Crippen molar-refractivity contribution in [3.05, 3.63) is 77.9 Å². The summed E-state index contributed by atoms with van der Waals surface area (Å²) in [6, 6.07) is 12.2. The third-order valence-electron chi connectivity index (χ3n) is 5.11. The predicted octanol–water partition coefficient (Wildman–Crippen LogP) is 3.85. The van der Waals surface area contributed by atoms with E-state index in [-0.39, 0.29) is 23.9 Å². The van der Waals surface area contributed by atoms with Crippen LogP contribution >= 0.6 is 0 Å². The van der Waals surface area contributed by atoms with E-state index in [1.807, 2.05) is 24.3 Å². The van der Waals surface area contributed by atoms with Crippen LogP contribution in [0.1, 0.15) is 23.6 Å². The highest BCUT2D eigenvalue weighted by Crippen LogP contribution is 2.43. The van der Waals surface area contributed by atoms with Gasteiger partial charge in [-0.05, 0) is 34.9 Å². The first-order chi connectivity index (χ1) is 14.3. The summed E-state index contributed by atoms with van der Waals surface area (Å²) in [6.45, 7) is 0.925. The number of amidine groups is 1. The number of benzene rings is 2. The number of alkyl halides is 2. The summed E-state index contributed by atoms with van der Waals surface area (Å²) in [4.78, 5) is 12.6. The summed E-state index contributed by atoms with van der Waals surface area (Å²) in [5, 5.41) is 0. The van der Waals surface area contributed by atoms with Gasteiger partial charge in [0, 0.05) is 24.9 Å². The maximum Gasteiger partial charge on any atom is 0.283 e. The van der Waals surface area contributed by atoms with Crippen molar-refractivity contribution in [3.63, 3.8) is 0 Å². The van der Waals surface area contributed by atoms with E-state index in [2.05, 4.69) is 15.0 Å². The van der Waals surface area contributed by atoms with E-state index in [0.29, 0.717) is 5.56 Å². The van der Waals surface area contributed by atoms with Crippen LogP contribution in [0.25, 0.3) is 11.1 Å². The molecule has 3 aromatic rings. The molecular weight excluding hydrogens is 390 g/mol. The second kappa shape index (κ2) is 7.37. The molecule has 1 aliphatic heterocycles. The third-order valence-corrected chi connectivity index (χ3v) is 5.11. The van der Waals surface area contributed by atoms with Crippen LogP contribution in [0.5, 0.6) is 5.75 Å². The van der Waals surface area contributed by atoms with E-state index >= 15 is 0 Å². The predicted molar refractivity (Wildman–Crippen MR) is 108 cm³/mol. The van der Waals surface area contributed by atoms with Gasteiger partial charge in [0.1, 0.15) is 18.7 Å². The van der Waals surface area contributed by atoms with E-state index in [1.54, 1.807) is 18.5 Å². The number of methoxy groups -OCH3 is 1. The molecule has 1 atom stereocenters. The Kier molecular flexibility index (Phi) is 4.85. The summed E-state index contributed by atoms with van der Waals surface area (Å²) in [5.74, 6) is -2.99. The summed E-state index contributed by atoms with van der Waals surface area (Å²) < 4.78 is 39.2. The van der Waals surface area contributed by atoms with Gasteiger partial charge >= 0.3 is 0 Å². The Morgan fingerprint density at radius 2 is 1.80 bits per heavy atom. The molecule has 1 aromatic heterocycles. The number of hydrogen-bond donors (Lipinski definition) is 1. The largest absolute Gasteiger partial charge is 0.496 e. The molecule has 2 heterocycles. The molecule has 1 aliphatic rings. The average molecular weight is 410 g/mol. The van der Waals surface area contributed by atoms with Gasteiger partial charge in [0.05, 0.1) is 12.7 Å². The number of aliphatic imine (C=N–C) groups is 1. The lowest BCUT2D eigenvalue weighted by Gasteiger charge is -2.27. The van der Waals surface area contributed by atoms with E-state index in [0.717, 1.165) is 23.6 Å². The molecule has 6 nitrogen and oxygen atoms in total. The second-order valence-corrected chi connectivity index (χ2v) is 7.11. The first-order valence-electron chi connectivity index (χ1n) is 9.24. The Labute approximate surface area is 172 Å². The molecule has 8 heteroatoms. The van der Waals surface area contributed by atoms with Crippen LogP contribution in [0.2, 0.25) is 0 Å². The average Bonchev–Trinajstić information content (AvgIpc) is 3.16. The van der Waals surface area contributed by atoms with E-state index < -0.39 is 11.5 Å². The molecule has 2 aromatic carbocycles. The van der Waals surface area contributed by atoms with Crippen molar-refractivity contribution in [1.29, 1.82) is 0 Å². The Balaban J connectivity index is 1.89. The molecule has 0 bridgehead atoms. The zero-order chi connectivity index (χ0) is 21.4. The van der Waals surface area contributed by atoms with Crippen LogP contribution in [0.15, 0.2) is 66.2 Å². The maximum absolute atomic E-state index is 14.3. The first-order valence-corrected chi connectivity index (χ1v) is 9.24. The minimum absolute atomic E-state index is 0.00377. The molecule has 154 valence electrons. The molecule has 0 saturated heterocycles. The summed E-state index contributed by atoms with van der Waals surface area (Å²) >= 11 is 0. The fourth-order valence-corrected chi connectivity index (χ4v) is 3.61. The minimum atomic E-state index is -3.10. The fourth-order valence-electron chi connectivity index (χ4n) is 3.61. The number of nitrogens with two attached hydrogens (primary N) is 1. The number of rotatable bonds is 5. The third kappa shape index (κ3) is 3.45. The van der Waals surface area contributed by atoms with Crippen molar-refractivity contribution in [2.24, 2.45) is 10.7 Å². The Hall–Kier alpha value is -3.55.